The van der Waals surface area contributed by atoms with Crippen LogP contribution in [0.3, 0.4) is 0 Å². The first kappa shape index (κ1) is 7.31. The molecule has 0 radical (unpaired) electrons. The molecule has 2 aromatic rings. The summed E-state index contributed by atoms with van der Waals surface area (Å²) >= 11 is 4.69. The van der Waals surface area contributed by atoms with Gasteiger partial charge in [0, 0.05) is 17.4 Å². The number of anilines is 1. The summed E-state index contributed by atoms with van der Waals surface area (Å²) in [6.45, 7) is 0. The summed E-state index contributed by atoms with van der Waals surface area (Å²) in [5, 5.41) is 4.17. The van der Waals surface area contributed by atoms with E-state index < -0.39 is 0 Å². The molecule has 1 aromatic carbocycles. The van der Waals surface area contributed by atoms with Gasteiger partial charge in [-0.05, 0) is 23.6 Å². The number of thiocarbonyl (C=S) groups is 1. The first-order valence-corrected chi connectivity index (χ1v) is 4.14. The third kappa shape index (κ3) is 1.19. The summed E-state index contributed by atoms with van der Waals surface area (Å²) in [7, 11) is 0. The van der Waals surface area contributed by atoms with E-state index >= 15 is 0 Å². The average molecular weight is 176 g/mol. The maximum absolute atomic E-state index is 4.69. The number of benzene rings is 1. The lowest BCUT2D eigenvalue weighted by atomic mass is 10.2. The first-order valence-electron chi connectivity index (χ1n) is 3.67. The highest BCUT2D eigenvalue weighted by atomic mass is 32.1. The highest BCUT2D eigenvalue weighted by molar-refractivity contribution is 7.79. The lowest BCUT2D eigenvalue weighted by Gasteiger charge is -1.98. The number of hydrogen-bond donors (Lipinski definition) is 2. The van der Waals surface area contributed by atoms with Crippen molar-refractivity contribution in [2.24, 2.45) is 0 Å². The molecule has 0 unspecified atom stereocenters. The van der Waals surface area contributed by atoms with Gasteiger partial charge in [-0.3, -0.25) is 0 Å². The molecule has 1 heterocycles. The minimum Gasteiger partial charge on any atom is -0.361 e. The molecular weight excluding hydrogens is 168 g/mol. The second-order valence-corrected chi connectivity index (χ2v) is 2.78. The van der Waals surface area contributed by atoms with Crippen LogP contribution in [-0.2, 0) is 0 Å². The van der Waals surface area contributed by atoms with E-state index in [2.05, 4.69) is 22.5 Å². The first-order chi connectivity index (χ1) is 5.90. The molecule has 2 rings (SSSR count). The van der Waals surface area contributed by atoms with Crippen molar-refractivity contribution < 1.29 is 0 Å². The van der Waals surface area contributed by atoms with E-state index in [0.29, 0.717) is 0 Å². The van der Waals surface area contributed by atoms with Gasteiger partial charge in [-0.1, -0.05) is 18.3 Å². The van der Waals surface area contributed by atoms with E-state index in [1.165, 1.54) is 10.9 Å². The largest absolute Gasteiger partial charge is 0.361 e. The minimum absolute atomic E-state index is 1.01. The number of hydrogen-bond acceptors (Lipinski definition) is 1. The highest BCUT2D eigenvalue weighted by Crippen LogP contribution is 2.16. The van der Waals surface area contributed by atoms with Gasteiger partial charge in [-0.2, -0.15) is 0 Å². The molecule has 0 saturated carbocycles. The van der Waals surface area contributed by atoms with Gasteiger partial charge in [0.2, 0.25) is 0 Å². The maximum atomic E-state index is 4.69. The molecule has 0 amide bonds. The van der Waals surface area contributed by atoms with Gasteiger partial charge in [-0.25, -0.2) is 0 Å². The Bertz CT molecular complexity index is 406. The zero-order valence-electron chi connectivity index (χ0n) is 6.37. The van der Waals surface area contributed by atoms with Crippen molar-refractivity contribution in [2.75, 3.05) is 5.32 Å². The summed E-state index contributed by atoms with van der Waals surface area (Å²) in [6.07, 6.45) is 1.92. The molecule has 0 aliphatic heterocycles. The fourth-order valence-electron chi connectivity index (χ4n) is 1.21. The van der Waals surface area contributed by atoms with E-state index in [1.807, 2.05) is 30.5 Å². The molecule has 2 N–H and O–H groups in total. The smallest absolute Gasteiger partial charge is 0.0658 e. The van der Waals surface area contributed by atoms with E-state index in [1.54, 1.807) is 0 Å². The van der Waals surface area contributed by atoms with Gasteiger partial charge in [0.05, 0.1) is 5.49 Å². The van der Waals surface area contributed by atoms with Gasteiger partial charge in [0.1, 0.15) is 0 Å². The summed E-state index contributed by atoms with van der Waals surface area (Å²) in [4.78, 5) is 3.13. The van der Waals surface area contributed by atoms with E-state index in [-0.39, 0.29) is 0 Å². The van der Waals surface area contributed by atoms with Crippen molar-refractivity contribution >= 4 is 34.3 Å². The average Bonchev–Trinajstić information content (AvgIpc) is 2.51. The van der Waals surface area contributed by atoms with Crippen LogP contribution in [0.5, 0.6) is 0 Å². The fourth-order valence-corrected chi connectivity index (χ4v) is 1.34. The van der Waals surface area contributed by atoms with Crippen LogP contribution in [0.25, 0.3) is 10.9 Å². The molecular formula is C9H8N2S. The van der Waals surface area contributed by atoms with Crippen molar-refractivity contribution in [3.05, 3.63) is 30.5 Å². The quantitative estimate of drug-likeness (QED) is 0.688. The molecule has 0 bridgehead atoms. The predicted molar refractivity (Wildman–Crippen MR) is 55.6 cm³/mol. The number of fused-ring (bicyclic) bond motifs is 1. The Morgan fingerprint density at radius 3 is 3.08 bits per heavy atom. The molecule has 0 aliphatic rings. The van der Waals surface area contributed by atoms with Crippen molar-refractivity contribution in [1.82, 2.24) is 4.98 Å². The molecule has 1 aromatic heterocycles. The standard InChI is InChI=1S/C9H8N2S/c12-6-11-8-2-1-7-3-4-10-9(7)5-8/h1-6,10H,(H,11,12). The Morgan fingerprint density at radius 2 is 2.25 bits per heavy atom. The number of aromatic amines is 1. The molecule has 60 valence electrons. The number of nitrogens with one attached hydrogen (secondary N) is 2. The van der Waals surface area contributed by atoms with Crippen LogP contribution >= 0.6 is 12.2 Å². The number of aromatic nitrogens is 1. The van der Waals surface area contributed by atoms with Crippen LogP contribution in [0, 0.1) is 0 Å². The normalized spacial score (nSPS) is 10.0. The van der Waals surface area contributed by atoms with Gasteiger partial charge in [0.15, 0.2) is 0 Å². The molecule has 0 atom stereocenters. The van der Waals surface area contributed by atoms with Crippen LogP contribution in [0.2, 0.25) is 0 Å². The third-order valence-electron chi connectivity index (χ3n) is 1.78. The van der Waals surface area contributed by atoms with Gasteiger partial charge >= 0.3 is 0 Å². The van der Waals surface area contributed by atoms with Crippen LogP contribution in [0.1, 0.15) is 0 Å². The molecule has 0 fully saturated rings. The van der Waals surface area contributed by atoms with Crippen LogP contribution in [0.15, 0.2) is 30.5 Å². The van der Waals surface area contributed by atoms with Crippen molar-refractivity contribution in [1.29, 1.82) is 0 Å². The zero-order chi connectivity index (χ0) is 8.39. The van der Waals surface area contributed by atoms with Crippen molar-refractivity contribution in [3.63, 3.8) is 0 Å². The minimum atomic E-state index is 1.01. The van der Waals surface area contributed by atoms with Crippen molar-refractivity contribution in [3.8, 4) is 0 Å². The van der Waals surface area contributed by atoms with Crippen LogP contribution < -0.4 is 5.32 Å². The lowest BCUT2D eigenvalue weighted by Crippen LogP contribution is -1.90. The predicted octanol–water partition coefficient (Wildman–Crippen LogP) is 2.54. The zero-order valence-corrected chi connectivity index (χ0v) is 7.19. The summed E-state index contributed by atoms with van der Waals surface area (Å²) < 4.78 is 0. The Morgan fingerprint density at radius 1 is 1.33 bits per heavy atom. The van der Waals surface area contributed by atoms with E-state index in [9.17, 15) is 0 Å². The molecule has 3 heteroatoms. The molecule has 0 saturated heterocycles. The fraction of sp³-hybridized carbons (Fsp3) is 0. The molecule has 2 nitrogen and oxygen atoms in total. The molecule has 12 heavy (non-hydrogen) atoms. The Hall–Kier alpha value is -1.35. The molecule has 0 aliphatic carbocycles. The second-order valence-electron chi connectivity index (χ2n) is 2.54. The van der Waals surface area contributed by atoms with Crippen LogP contribution in [0.4, 0.5) is 5.69 Å². The SMILES string of the molecule is S=CNc1ccc2cc[nH]c2c1. The summed E-state index contributed by atoms with van der Waals surface area (Å²) in [5.41, 5.74) is 3.64. The maximum Gasteiger partial charge on any atom is 0.0658 e. The van der Waals surface area contributed by atoms with Gasteiger partial charge in [-0.15, -0.1) is 0 Å². The number of H-pyrrole nitrogens is 1. The summed E-state index contributed by atoms with van der Waals surface area (Å²) in [6, 6.07) is 8.11. The van der Waals surface area contributed by atoms with E-state index in [0.717, 1.165) is 11.2 Å². The summed E-state index contributed by atoms with van der Waals surface area (Å²) in [5.74, 6) is 0. The second kappa shape index (κ2) is 2.95. The lowest BCUT2D eigenvalue weighted by molar-refractivity contribution is 1.48. The Kier molecular flexibility index (Phi) is 1.80. The highest BCUT2D eigenvalue weighted by Gasteiger charge is 1.94. The monoisotopic (exact) mass is 176 g/mol. The third-order valence-corrected chi connectivity index (χ3v) is 1.90. The topological polar surface area (TPSA) is 27.8 Å². The number of rotatable bonds is 2. The Balaban J connectivity index is 2.52. The van der Waals surface area contributed by atoms with Crippen LogP contribution in [-0.4, -0.2) is 10.5 Å². The van der Waals surface area contributed by atoms with Crippen molar-refractivity contribution in [2.45, 2.75) is 0 Å². The molecule has 0 spiro atoms. The van der Waals surface area contributed by atoms with Gasteiger partial charge < -0.3 is 10.3 Å². The van der Waals surface area contributed by atoms with Gasteiger partial charge in [0.25, 0.3) is 0 Å². The van der Waals surface area contributed by atoms with E-state index in [4.69, 9.17) is 0 Å². The Labute approximate surface area is 75.6 Å².